The van der Waals surface area contributed by atoms with Gasteiger partial charge in [0.05, 0.1) is 17.4 Å². The maximum absolute atomic E-state index is 8.89. The molecule has 0 spiro atoms. The Bertz CT molecular complexity index is 717. The molecule has 0 aromatic carbocycles. The predicted octanol–water partition coefficient (Wildman–Crippen LogP) is 2.89. The zero-order chi connectivity index (χ0) is 17.6. The molecule has 0 aliphatic carbocycles. The van der Waals surface area contributed by atoms with Crippen molar-refractivity contribution in [1.82, 2.24) is 9.97 Å². The lowest BCUT2D eigenvalue weighted by Gasteiger charge is -2.22. The van der Waals surface area contributed by atoms with E-state index in [4.69, 9.17) is 5.26 Å². The molecule has 3 heterocycles. The van der Waals surface area contributed by atoms with Crippen LogP contribution in [0.25, 0.3) is 0 Å². The van der Waals surface area contributed by atoms with E-state index in [0.717, 1.165) is 49.7 Å². The standard InChI is InChI=1S/C19H24N6/c1-24(2)18-8-6-17(14-22-18)23-16-4-3-10-25(11-9-16)19-7-5-15(12-20)13-21-19/h5-8,13-14,16,23H,3-4,9-11H2,1-2H3/t16-/m0/s1. The minimum atomic E-state index is 0.440. The highest BCUT2D eigenvalue weighted by Crippen LogP contribution is 2.21. The average molecular weight is 336 g/mol. The summed E-state index contributed by atoms with van der Waals surface area (Å²) in [5.41, 5.74) is 1.67. The van der Waals surface area contributed by atoms with E-state index in [1.165, 1.54) is 0 Å². The molecule has 3 rings (SSSR count). The monoisotopic (exact) mass is 336 g/mol. The fraction of sp³-hybridized carbons (Fsp3) is 0.421. The number of anilines is 3. The summed E-state index contributed by atoms with van der Waals surface area (Å²) in [6.07, 6.45) is 6.84. The summed E-state index contributed by atoms with van der Waals surface area (Å²) in [7, 11) is 3.99. The summed E-state index contributed by atoms with van der Waals surface area (Å²) in [6, 6.07) is 10.5. The van der Waals surface area contributed by atoms with Crippen LogP contribution in [0.3, 0.4) is 0 Å². The third-order valence-electron chi connectivity index (χ3n) is 4.51. The molecule has 1 fully saturated rings. The molecule has 1 saturated heterocycles. The van der Waals surface area contributed by atoms with Crippen molar-refractivity contribution in [2.75, 3.05) is 42.3 Å². The van der Waals surface area contributed by atoms with Crippen LogP contribution in [0, 0.1) is 11.3 Å². The first kappa shape index (κ1) is 17.0. The van der Waals surface area contributed by atoms with Crippen LogP contribution in [0.5, 0.6) is 0 Å². The molecule has 130 valence electrons. The number of aromatic nitrogens is 2. The van der Waals surface area contributed by atoms with Crippen LogP contribution >= 0.6 is 0 Å². The molecular weight excluding hydrogens is 312 g/mol. The van der Waals surface area contributed by atoms with Gasteiger partial charge in [-0.3, -0.25) is 0 Å². The van der Waals surface area contributed by atoms with Crippen molar-refractivity contribution >= 4 is 17.3 Å². The second kappa shape index (κ2) is 7.84. The lowest BCUT2D eigenvalue weighted by atomic mass is 10.1. The highest BCUT2D eigenvalue weighted by Gasteiger charge is 2.18. The number of rotatable bonds is 4. The number of hydrogen-bond donors (Lipinski definition) is 1. The molecule has 1 aliphatic heterocycles. The van der Waals surface area contributed by atoms with Gasteiger partial charge in [-0.2, -0.15) is 5.26 Å². The number of nitrogens with one attached hydrogen (secondary N) is 1. The average Bonchev–Trinajstić information content (AvgIpc) is 2.88. The fourth-order valence-electron chi connectivity index (χ4n) is 3.08. The molecule has 0 unspecified atom stereocenters. The van der Waals surface area contributed by atoms with Crippen molar-refractivity contribution in [3.8, 4) is 6.07 Å². The third-order valence-corrected chi connectivity index (χ3v) is 4.51. The first-order valence-electron chi connectivity index (χ1n) is 8.67. The van der Waals surface area contributed by atoms with Crippen LogP contribution in [0.4, 0.5) is 17.3 Å². The lowest BCUT2D eigenvalue weighted by molar-refractivity contribution is 0.639. The van der Waals surface area contributed by atoms with Crippen molar-refractivity contribution in [2.24, 2.45) is 0 Å². The summed E-state index contributed by atoms with van der Waals surface area (Å²) >= 11 is 0. The maximum atomic E-state index is 8.89. The summed E-state index contributed by atoms with van der Waals surface area (Å²) in [5, 5.41) is 12.5. The summed E-state index contributed by atoms with van der Waals surface area (Å²) in [4.78, 5) is 13.2. The minimum absolute atomic E-state index is 0.440. The first-order valence-corrected chi connectivity index (χ1v) is 8.67. The van der Waals surface area contributed by atoms with E-state index in [9.17, 15) is 0 Å². The Morgan fingerprint density at radius 3 is 2.64 bits per heavy atom. The molecule has 6 heteroatoms. The SMILES string of the molecule is CN(C)c1ccc(N[C@H]2CCCN(c3ccc(C#N)cn3)CC2)cn1. The van der Waals surface area contributed by atoms with Gasteiger partial charge < -0.3 is 15.1 Å². The van der Waals surface area contributed by atoms with Gasteiger partial charge >= 0.3 is 0 Å². The highest BCUT2D eigenvalue weighted by molar-refractivity contribution is 5.48. The van der Waals surface area contributed by atoms with Gasteiger partial charge in [0, 0.05) is 39.4 Å². The second-order valence-corrected chi connectivity index (χ2v) is 6.58. The van der Waals surface area contributed by atoms with Gasteiger partial charge in [0.25, 0.3) is 0 Å². The van der Waals surface area contributed by atoms with Crippen molar-refractivity contribution in [1.29, 1.82) is 5.26 Å². The molecule has 25 heavy (non-hydrogen) atoms. The predicted molar refractivity (Wildman–Crippen MR) is 101 cm³/mol. The van der Waals surface area contributed by atoms with Gasteiger partial charge in [0.1, 0.15) is 17.7 Å². The molecular formula is C19H24N6. The molecule has 0 amide bonds. The molecule has 0 saturated carbocycles. The van der Waals surface area contributed by atoms with Crippen molar-refractivity contribution in [3.63, 3.8) is 0 Å². The Morgan fingerprint density at radius 2 is 2.00 bits per heavy atom. The van der Waals surface area contributed by atoms with Gasteiger partial charge in [-0.05, 0) is 43.5 Å². The van der Waals surface area contributed by atoms with Gasteiger partial charge in [-0.25, -0.2) is 9.97 Å². The molecule has 2 aromatic heterocycles. The third kappa shape index (κ3) is 4.38. The zero-order valence-electron chi connectivity index (χ0n) is 14.8. The Hall–Kier alpha value is -2.81. The lowest BCUT2D eigenvalue weighted by Crippen LogP contribution is -2.26. The van der Waals surface area contributed by atoms with Crippen LogP contribution in [-0.2, 0) is 0 Å². The number of pyridine rings is 2. The van der Waals surface area contributed by atoms with Gasteiger partial charge in [0.15, 0.2) is 0 Å². The number of nitrogens with zero attached hydrogens (tertiary/aromatic N) is 5. The fourth-order valence-corrected chi connectivity index (χ4v) is 3.08. The first-order chi connectivity index (χ1) is 12.2. The summed E-state index contributed by atoms with van der Waals surface area (Å²) in [6.45, 7) is 1.95. The Labute approximate surface area is 149 Å². The normalized spacial score (nSPS) is 17.5. The Balaban J connectivity index is 1.58. The van der Waals surface area contributed by atoms with Crippen molar-refractivity contribution in [2.45, 2.75) is 25.3 Å². The molecule has 1 aliphatic rings. The minimum Gasteiger partial charge on any atom is -0.381 e. The van der Waals surface area contributed by atoms with Gasteiger partial charge in [-0.15, -0.1) is 0 Å². The molecule has 6 nitrogen and oxygen atoms in total. The maximum Gasteiger partial charge on any atom is 0.128 e. The van der Waals surface area contributed by atoms with Crippen LogP contribution in [0.1, 0.15) is 24.8 Å². The Kier molecular flexibility index (Phi) is 5.34. The van der Waals surface area contributed by atoms with E-state index < -0.39 is 0 Å². The van der Waals surface area contributed by atoms with Crippen LogP contribution in [0.2, 0.25) is 0 Å². The smallest absolute Gasteiger partial charge is 0.128 e. The van der Waals surface area contributed by atoms with Crippen LogP contribution in [0.15, 0.2) is 36.7 Å². The molecule has 0 bridgehead atoms. The topological polar surface area (TPSA) is 68.1 Å². The highest BCUT2D eigenvalue weighted by atomic mass is 15.2. The van der Waals surface area contributed by atoms with E-state index in [1.807, 2.05) is 43.4 Å². The van der Waals surface area contributed by atoms with E-state index in [0.29, 0.717) is 11.6 Å². The molecule has 0 radical (unpaired) electrons. The van der Waals surface area contributed by atoms with E-state index in [-0.39, 0.29) is 0 Å². The Morgan fingerprint density at radius 1 is 1.12 bits per heavy atom. The second-order valence-electron chi connectivity index (χ2n) is 6.58. The zero-order valence-corrected chi connectivity index (χ0v) is 14.8. The molecule has 1 atom stereocenters. The van der Waals surface area contributed by atoms with Gasteiger partial charge in [-0.1, -0.05) is 0 Å². The summed E-state index contributed by atoms with van der Waals surface area (Å²) < 4.78 is 0. The largest absolute Gasteiger partial charge is 0.381 e. The van der Waals surface area contributed by atoms with Crippen molar-refractivity contribution in [3.05, 3.63) is 42.2 Å². The van der Waals surface area contributed by atoms with Crippen LogP contribution in [-0.4, -0.2) is 43.2 Å². The van der Waals surface area contributed by atoms with Crippen molar-refractivity contribution < 1.29 is 0 Å². The summed E-state index contributed by atoms with van der Waals surface area (Å²) in [5.74, 6) is 1.92. The van der Waals surface area contributed by atoms with E-state index in [1.54, 1.807) is 6.20 Å². The van der Waals surface area contributed by atoms with Crippen LogP contribution < -0.4 is 15.1 Å². The number of hydrogen-bond acceptors (Lipinski definition) is 6. The van der Waals surface area contributed by atoms with E-state index >= 15 is 0 Å². The quantitative estimate of drug-likeness (QED) is 0.926. The molecule has 1 N–H and O–H groups in total. The molecule has 2 aromatic rings. The van der Waals surface area contributed by atoms with E-state index in [2.05, 4.69) is 32.3 Å². The van der Waals surface area contributed by atoms with Gasteiger partial charge in [0.2, 0.25) is 0 Å². The number of nitriles is 1.